The van der Waals surface area contributed by atoms with E-state index in [4.69, 9.17) is 4.74 Å². The van der Waals surface area contributed by atoms with Crippen LogP contribution in [0.15, 0.2) is 18.2 Å². The molecule has 0 unspecified atom stereocenters. The molecule has 1 heterocycles. The van der Waals surface area contributed by atoms with Gasteiger partial charge in [-0.15, -0.1) is 0 Å². The molecule has 0 aromatic heterocycles. The zero-order chi connectivity index (χ0) is 11.5. The molecule has 16 heavy (non-hydrogen) atoms. The Kier molecular flexibility index (Phi) is 3.25. The lowest BCUT2D eigenvalue weighted by molar-refractivity contribution is 0.0459. The van der Waals surface area contributed by atoms with Crippen molar-refractivity contribution in [1.82, 2.24) is 5.32 Å². The van der Waals surface area contributed by atoms with Crippen molar-refractivity contribution in [1.29, 1.82) is 0 Å². The Morgan fingerprint density at radius 3 is 2.88 bits per heavy atom. The molecule has 0 saturated carbocycles. The van der Waals surface area contributed by atoms with Gasteiger partial charge in [0, 0.05) is 13.1 Å². The summed E-state index contributed by atoms with van der Waals surface area (Å²) in [6.07, 6.45) is 0. The molecule has 86 valence electrons. The predicted molar refractivity (Wildman–Crippen MR) is 62.1 cm³/mol. The lowest BCUT2D eigenvalue weighted by Crippen LogP contribution is -2.10. The number of rotatable bonds is 3. The number of carbonyl (C=O) groups is 1. The van der Waals surface area contributed by atoms with E-state index in [1.165, 1.54) is 11.1 Å². The van der Waals surface area contributed by atoms with Gasteiger partial charge in [-0.3, -0.25) is 0 Å². The highest BCUT2D eigenvalue weighted by Gasteiger charge is 2.14. The largest absolute Gasteiger partial charge is 0.462 e. The molecule has 2 rings (SSSR count). The van der Waals surface area contributed by atoms with E-state index in [-0.39, 0.29) is 5.97 Å². The van der Waals surface area contributed by atoms with Gasteiger partial charge >= 0.3 is 5.97 Å². The van der Waals surface area contributed by atoms with Crippen molar-refractivity contribution in [2.24, 2.45) is 5.92 Å². The van der Waals surface area contributed by atoms with E-state index in [0.717, 1.165) is 13.1 Å². The number of nitrogens with one attached hydrogen (secondary N) is 1. The van der Waals surface area contributed by atoms with Crippen LogP contribution in [0.3, 0.4) is 0 Å². The first kappa shape index (κ1) is 11.1. The van der Waals surface area contributed by atoms with E-state index in [2.05, 4.69) is 5.32 Å². The van der Waals surface area contributed by atoms with Crippen LogP contribution in [0.5, 0.6) is 0 Å². The second kappa shape index (κ2) is 4.66. The van der Waals surface area contributed by atoms with Gasteiger partial charge in [0.2, 0.25) is 0 Å². The van der Waals surface area contributed by atoms with Crippen LogP contribution in [-0.2, 0) is 17.8 Å². The molecule has 3 heteroatoms. The summed E-state index contributed by atoms with van der Waals surface area (Å²) in [6.45, 7) is 6.28. The molecule has 1 aromatic carbocycles. The normalized spacial score (nSPS) is 13.9. The van der Waals surface area contributed by atoms with Crippen LogP contribution < -0.4 is 5.32 Å². The fraction of sp³-hybridized carbons (Fsp3) is 0.462. The molecular formula is C13H17NO2. The molecule has 0 fully saturated rings. The van der Waals surface area contributed by atoms with Crippen molar-refractivity contribution in [2.45, 2.75) is 26.9 Å². The molecule has 0 saturated heterocycles. The Hall–Kier alpha value is -1.35. The van der Waals surface area contributed by atoms with Gasteiger partial charge in [0.1, 0.15) is 0 Å². The summed E-state index contributed by atoms with van der Waals surface area (Å²) in [5.41, 5.74) is 3.14. The summed E-state index contributed by atoms with van der Waals surface area (Å²) < 4.78 is 5.19. The van der Waals surface area contributed by atoms with E-state index in [1.807, 2.05) is 32.0 Å². The number of hydrogen-bond acceptors (Lipinski definition) is 3. The molecule has 0 atom stereocenters. The third-order valence-corrected chi connectivity index (χ3v) is 2.62. The first-order chi connectivity index (χ1) is 7.66. The Balaban J connectivity index is 2.06. The first-order valence-corrected chi connectivity index (χ1v) is 5.66. The molecule has 0 spiro atoms. The fourth-order valence-electron chi connectivity index (χ4n) is 1.75. The summed E-state index contributed by atoms with van der Waals surface area (Å²) in [4.78, 5) is 11.7. The summed E-state index contributed by atoms with van der Waals surface area (Å²) in [7, 11) is 0. The second-order valence-electron chi connectivity index (χ2n) is 4.58. The predicted octanol–water partition coefficient (Wildman–Crippen LogP) is 2.10. The van der Waals surface area contributed by atoms with Crippen molar-refractivity contribution >= 4 is 5.97 Å². The number of hydrogen-bond donors (Lipinski definition) is 1. The SMILES string of the molecule is CC(C)COC(=O)c1ccc2c(c1)CNC2. The lowest BCUT2D eigenvalue weighted by atomic mass is 10.1. The van der Waals surface area contributed by atoms with Crippen molar-refractivity contribution in [3.8, 4) is 0 Å². The minimum absolute atomic E-state index is 0.219. The molecular weight excluding hydrogens is 202 g/mol. The number of benzene rings is 1. The molecule has 0 radical (unpaired) electrons. The summed E-state index contributed by atoms with van der Waals surface area (Å²) >= 11 is 0. The summed E-state index contributed by atoms with van der Waals surface area (Å²) in [6, 6.07) is 5.77. The molecule has 1 aliphatic heterocycles. The van der Waals surface area contributed by atoms with E-state index >= 15 is 0 Å². The van der Waals surface area contributed by atoms with Gasteiger partial charge in [0.25, 0.3) is 0 Å². The van der Waals surface area contributed by atoms with Crippen LogP contribution in [0.4, 0.5) is 0 Å². The topological polar surface area (TPSA) is 38.3 Å². The average Bonchev–Trinajstić information content (AvgIpc) is 2.72. The standard InChI is InChI=1S/C13H17NO2/c1-9(2)8-16-13(15)10-3-4-11-6-14-7-12(11)5-10/h3-5,9,14H,6-8H2,1-2H3. The number of fused-ring (bicyclic) bond motifs is 1. The van der Waals surface area contributed by atoms with Gasteiger partial charge in [0.15, 0.2) is 0 Å². The van der Waals surface area contributed by atoms with Gasteiger partial charge in [0.05, 0.1) is 12.2 Å². The molecule has 1 aromatic rings. The molecule has 0 aliphatic carbocycles. The molecule has 0 amide bonds. The maximum atomic E-state index is 11.7. The monoisotopic (exact) mass is 219 g/mol. The van der Waals surface area contributed by atoms with Crippen molar-refractivity contribution in [3.63, 3.8) is 0 Å². The second-order valence-corrected chi connectivity index (χ2v) is 4.58. The molecule has 0 bridgehead atoms. The highest BCUT2D eigenvalue weighted by Crippen LogP contribution is 2.17. The fourth-order valence-corrected chi connectivity index (χ4v) is 1.75. The van der Waals surface area contributed by atoms with E-state index < -0.39 is 0 Å². The number of ether oxygens (including phenoxy) is 1. The van der Waals surface area contributed by atoms with Gasteiger partial charge in [-0.2, -0.15) is 0 Å². The molecule has 1 aliphatic rings. The maximum absolute atomic E-state index is 11.7. The average molecular weight is 219 g/mol. The quantitative estimate of drug-likeness (QED) is 0.791. The number of carbonyl (C=O) groups excluding carboxylic acids is 1. The zero-order valence-electron chi connectivity index (χ0n) is 9.75. The van der Waals surface area contributed by atoms with Gasteiger partial charge in [-0.1, -0.05) is 19.9 Å². The van der Waals surface area contributed by atoms with E-state index in [0.29, 0.717) is 18.1 Å². The summed E-state index contributed by atoms with van der Waals surface area (Å²) in [5, 5.41) is 3.25. The van der Waals surface area contributed by atoms with Crippen molar-refractivity contribution in [2.75, 3.05) is 6.61 Å². The summed E-state index contributed by atoms with van der Waals surface area (Å²) in [5.74, 6) is 0.156. The van der Waals surface area contributed by atoms with Crippen LogP contribution in [0.2, 0.25) is 0 Å². The zero-order valence-corrected chi connectivity index (χ0v) is 9.75. The minimum Gasteiger partial charge on any atom is -0.462 e. The van der Waals surface area contributed by atoms with E-state index in [1.54, 1.807) is 0 Å². The lowest BCUT2D eigenvalue weighted by Gasteiger charge is -2.08. The third kappa shape index (κ3) is 2.42. The Morgan fingerprint density at radius 1 is 1.38 bits per heavy atom. The van der Waals surface area contributed by atoms with Crippen molar-refractivity contribution < 1.29 is 9.53 Å². The highest BCUT2D eigenvalue weighted by atomic mass is 16.5. The van der Waals surface area contributed by atoms with Crippen LogP contribution in [0.1, 0.15) is 35.3 Å². The van der Waals surface area contributed by atoms with Crippen LogP contribution >= 0.6 is 0 Å². The smallest absolute Gasteiger partial charge is 0.338 e. The van der Waals surface area contributed by atoms with Crippen LogP contribution in [0, 0.1) is 5.92 Å². The molecule has 1 N–H and O–H groups in total. The Bertz CT molecular complexity index is 399. The van der Waals surface area contributed by atoms with Crippen molar-refractivity contribution in [3.05, 3.63) is 34.9 Å². The molecule has 3 nitrogen and oxygen atoms in total. The van der Waals surface area contributed by atoms with E-state index in [9.17, 15) is 4.79 Å². The van der Waals surface area contributed by atoms with Gasteiger partial charge in [-0.05, 0) is 29.2 Å². The Labute approximate surface area is 95.8 Å². The Morgan fingerprint density at radius 2 is 2.12 bits per heavy atom. The number of esters is 1. The highest BCUT2D eigenvalue weighted by molar-refractivity contribution is 5.89. The first-order valence-electron chi connectivity index (χ1n) is 5.66. The van der Waals surface area contributed by atoms with Gasteiger partial charge in [-0.25, -0.2) is 4.79 Å². The third-order valence-electron chi connectivity index (χ3n) is 2.62. The van der Waals surface area contributed by atoms with Crippen LogP contribution in [0.25, 0.3) is 0 Å². The maximum Gasteiger partial charge on any atom is 0.338 e. The minimum atomic E-state index is -0.219. The van der Waals surface area contributed by atoms with Gasteiger partial charge < -0.3 is 10.1 Å². The van der Waals surface area contributed by atoms with Crippen LogP contribution in [-0.4, -0.2) is 12.6 Å².